The topological polar surface area (TPSA) is 73.9 Å². The molecule has 0 spiro atoms. The molecular weight excluding hydrogens is 356 g/mol. The molecule has 3 rings (SSSR count). The second-order valence-corrected chi connectivity index (χ2v) is 6.80. The molecule has 148 valence electrons. The zero-order chi connectivity index (χ0) is 19.8. The molecule has 1 aliphatic heterocycles. The zero-order valence-corrected chi connectivity index (χ0v) is 16.1. The Kier molecular flexibility index (Phi) is 6.86. The Morgan fingerprint density at radius 3 is 2.32 bits per heavy atom. The molecule has 0 radical (unpaired) electrons. The fourth-order valence-corrected chi connectivity index (χ4v) is 2.95. The van der Waals surface area contributed by atoms with Crippen molar-refractivity contribution in [2.75, 3.05) is 50.0 Å². The summed E-state index contributed by atoms with van der Waals surface area (Å²) in [4.78, 5) is 28.3. The summed E-state index contributed by atoms with van der Waals surface area (Å²) in [6, 6.07) is 17.1. The first-order valence-electron chi connectivity index (χ1n) is 9.38. The van der Waals surface area contributed by atoms with E-state index < -0.39 is 6.09 Å². The maximum Gasteiger partial charge on any atom is 0.407 e. The molecule has 0 saturated carbocycles. The van der Waals surface area contributed by atoms with Crippen LogP contribution in [0, 0.1) is 0 Å². The molecule has 1 aliphatic rings. The van der Waals surface area contributed by atoms with Crippen molar-refractivity contribution in [3.8, 4) is 0 Å². The van der Waals surface area contributed by atoms with Crippen molar-refractivity contribution in [2.45, 2.75) is 6.61 Å². The molecular formula is C21H26N4O3. The Balaban J connectivity index is 1.39. The van der Waals surface area contributed by atoms with Crippen molar-refractivity contribution in [3.63, 3.8) is 0 Å². The lowest BCUT2D eigenvalue weighted by Gasteiger charge is -2.34. The number of nitrogens with one attached hydrogen (secondary N) is 2. The molecule has 0 unspecified atom stereocenters. The first kappa shape index (κ1) is 19.7. The molecule has 0 aromatic heterocycles. The lowest BCUT2D eigenvalue weighted by Crippen LogP contribution is -2.44. The number of hydrogen-bond donors (Lipinski definition) is 2. The minimum absolute atomic E-state index is 0.145. The first-order chi connectivity index (χ1) is 13.6. The Morgan fingerprint density at radius 1 is 0.964 bits per heavy atom. The molecule has 7 heteroatoms. The summed E-state index contributed by atoms with van der Waals surface area (Å²) < 4.78 is 5.08. The van der Waals surface area contributed by atoms with E-state index in [0.29, 0.717) is 5.69 Å². The van der Waals surface area contributed by atoms with E-state index in [1.165, 1.54) is 0 Å². The van der Waals surface area contributed by atoms with Crippen LogP contribution in [0.2, 0.25) is 0 Å². The largest absolute Gasteiger partial charge is 0.445 e. The molecule has 1 fully saturated rings. The molecule has 0 aliphatic carbocycles. The van der Waals surface area contributed by atoms with Gasteiger partial charge in [0.2, 0.25) is 5.91 Å². The van der Waals surface area contributed by atoms with Crippen LogP contribution in [0.5, 0.6) is 0 Å². The van der Waals surface area contributed by atoms with Crippen molar-refractivity contribution in [2.24, 2.45) is 0 Å². The number of amides is 2. The molecule has 7 nitrogen and oxygen atoms in total. The quantitative estimate of drug-likeness (QED) is 0.802. The summed E-state index contributed by atoms with van der Waals surface area (Å²) in [6.45, 7) is 4.11. The van der Waals surface area contributed by atoms with Crippen molar-refractivity contribution >= 4 is 23.4 Å². The fraction of sp³-hybridized carbons (Fsp3) is 0.333. The summed E-state index contributed by atoms with van der Waals surface area (Å²) in [5.74, 6) is -0.302. The van der Waals surface area contributed by atoms with Crippen molar-refractivity contribution in [3.05, 3.63) is 60.2 Å². The SMILES string of the molecule is CN1CCN(c2ccc(NC(=O)CNC(=O)OCc3ccccc3)cc2)CC1. The normalized spacial score (nSPS) is 14.4. The highest BCUT2D eigenvalue weighted by Crippen LogP contribution is 2.19. The van der Waals surface area contributed by atoms with Gasteiger partial charge in [0.25, 0.3) is 0 Å². The number of nitrogens with zero attached hydrogens (tertiary/aromatic N) is 2. The number of benzene rings is 2. The van der Waals surface area contributed by atoms with Gasteiger partial charge >= 0.3 is 6.09 Å². The Bertz CT molecular complexity index is 772. The number of piperazine rings is 1. The molecule has 2 N–H and O–H groups in total. The van der Waals surface area contributed by atoms with E-state index in [9.17, 15) is 9.59 Å². The molecule has 1 saturated heterocycles. The van der Waals surface area contributed by atoms with Crippen LogP contribution >= 0.6 is 0 Å². The van der Waals surface area contributed by atoms with Gasteiger partial charge in [-0.25, -0.2) is 4.79 Å². The summed E-state index contributed by atoms with van der Waals surface area (Å²) in [6.07, 6.45) is -0.621. The molecule has 1 heterocycles. The van der Waals surface area contributed by atoms with Gasteiger partial charge in [-0.15, -0.1) is 0 Å². The fourth-order valence-electron chi connectivity index (χ4n) is 2.95. The van der Waals surface area contributed by atoms with Crippen LogP contribution < -0.4 is 15.5 Å². The van der Waals surface area contributed by atoms with Crippen molar-refractivity contribution in [1.29, 1.82) is 0 Å². The Labute approximate surface area is 165 Å². The molecule has 2 aromatic rings. The highest BCUT2D eigenvalue weighted by Gasteiger charge is 2.14. The highest BCUT2D eigenvalue weighted by atomic mass is 16.5. The van der Waals surface area contributed by atoms with Gasteiger partial charge in [-0.1, -0.05) is 30.3 Å². The summed E-state index contributed by atoms with van der Waals surface area (Å²) in [5.41, 5.74) is 2.73. The molecule has 28 heavy (non-hydrogen) atoms. The molecule has 2 aromatic carbocycles. The molecule has 0 bridgehead atoms. The van der Waals surface area contributed by atoms with Gasteiger partial charge in [0.05, 0.1) is 0 Å². The molecule has 0 atom stereocenters. The van der Waals surface area contributed by atoms with Gasteiger partial charge in [-0.3, -0.25) is 4.79 Å². The first-order valence-corrected chi connectivity index (χ1v) is 9.38. The third-order valence-electron chi connectivity index (χ3n) is 4.63. The third-order valence-corrected chi connectivity index (χ3v) is 4.63. The minimum atomic E-state index is -0.621. The zero-order valence-electron chi connectivity index (χ0n) is 16.1. The third kappa shape index (κ3) is 5.99. The Morgan fingerprint density at radius 2 is 1.64 bits per heavy atom. The predicted molar refractivity (Wildman–Crippen MR) is 109 cm³/mol. The molecule has 2 amide bonds. The number of likely N-dealkylation sites (N-methyl/N-ethyl adjacent to an activating group) is 1. The van der Waals surface area contributed by atoms with E-state index >= 15 is 0 Å². The number of carbonyl (C=O) groups excluding carboxylic acids is 2. The monoisotopic (exact) mass is 382 g/mol. The van der Waals surface area contributed by atoms with Crippen LogP contribution in [0.3, 0.4) is 0 Å². The smallest absolute Gasteiger partial charge is 0.407 e. The average molecular weight is 382 g/mol. The van der Waals surface area contributed by atoms with E-state index in [1.54, 1.807) is 0 Å². The van der Waals surface area contributed by atoms with Gasteiger partial charge in [-0.05, 0) is 36.9 Å². The summed E-state index contributed by atoms with van der Waals surface area (Å²) in [7, 11) is 2.13. The lowest BCUT2D eigenvalue weighted by atomic mass is 10.2. The second kappa shape index (κ2) is 9.75. The van der Waals surface area contributed by atoms with Gasteiger partial charge in [0, 0.05) is 37.6 Å². The number of carbonyl (C=O) groups is 2. The van der Waals surface area contributed by atoms with E-state index in [-0.39, 0.29) is 19.1 Å². The van der Waals surface area contributed by atoms with Crippen LogP contribution in [0.25, 0.3) is 0 Å². The number of anilines is 2. The average Bonchev–Trinajstić information content (AvgIpc) is 2.73. The van der Waals surface area contributed by atoms with E-state index in [2.05, 4.69) is 27.5 Å². The maximum atomic E-state index is 12.0. The lowest BCUT2D eigenvalue weighted by molar-refractivity contribution is -0.115. The van der Waals surface area contributed by atoms with Crippen LogP contribution in [-0.4, -0.2) is 56.7 Å². The number of hydrogen-bond acceptors (Lipinski definition) is 5. The van der Waals surface area contributed by atoms with Gasteiger partial charge in [0.1, 0.15) is 13.2 Å². The van der Waals surface area contributed by atoms with Crippen LogP contribution in [0.1, 0.15) is 5.56 Å². The second-order valence-electron chi connectivity index (χ2n) is 6.80. The summed E-state index contributed by atoms with van der Waals surface area (Å²) >= 11 is 0. The van der Waals surface area contributed by atoms with Gasteiger partial charge < -0.3 is 25.2 Å². The van der Waals surface area contributed by atoms with Crippen LogP contribution in [-0.2, 0) is 16.1 Å². The van der Waals surface area contributed by atoms with E-state index in [0.717, 1.165) is 37.4 Å². The number of rotatable bonds is 6. The van der Waals surface area contributed by atoms with Gasteiger partial charge in [0.15, 0.2) is 0 Å². The van der Waals surface area contributed by atoms with Crippen LogP contribution in [0.4, 0.5) is 16.2 Å². The van der Waals surface area contributed by atoms with E-state index in [1.807, 2.05) is 54.6 Å². The number of ether oxygens (including phenoxy) is 1. The minimum Gasteiger partial charge on any atom is -0.445 e. The van der Waals surface area contributed by atoms with Crippen molar-refractivity contribution < 1.29 is 14.3 Å². The van der Waals surface area contributed by atoms with E-state index in [4.69, 9.17) is 4.74 Å². The number of alkyl carbamates (subject to hydrolysis) is 1. The maximum absolute atomic E-state index is 12.0. The Hall–Kier alpha value is -3.06. The van der Waals surface area contributed by atoms with Gasteiger partial charge in [-0.2, -0.15) is 0 Å². The van der Waals surface area contributed by atoms with Crippen LogP contribution in [0.15, 0.2) is 54.6 Å². The standard InChI is InChI=1S/C21H26N4O3/c1-24-11-13-25(14-12-24)19-9-7-18(8-10-19)23-20(26)15-22-21(27)28-16-17-5-3-2-4-6-17/h2-10H,11-16H2,1H3,(H,22,27)(H,23,26). The summed E-state index contributed by atoms with van der Waals surface area (Å²) in [5, 5.41) is 5.23. The predicted octanol–water partition coefficient (Wildman–Crippen LogP) is 2.30. The highest BCUT2D eigenvalue weighted by molar-refractivity contribution is 5.94. The van der Waals surface area contributed by atoms with Crippen molar-refractivity contribution in [1.82, 2.24) is 10.2 Å².